The number of carbonyl (C=O) groups excluding carboxylic acids is 3. The SMILES string of the molecule is C=CCN(C(=O)[C@@H]1[C@@H]2CC(C)C3(S2)C(C(=O)N(CC=C)C2CCCCC2)N(CCCCO)C(=O)[C@H]13)c1ccccc1. The number of amides is 3. The van der Waals surface area contributed by atoms with E-state index in [0.717, 1.165) is 37.8 Å². The minimum atomic E-state index is -0.650. The van der Waals surface area contributed by atoms with Gasteiger partial charge in [0, 0.05) is 43.2 Å². The first-order valence-corrected chi connectivity index (χ1v) is 16.3. The fourth-order valence-electron chi connectivity index (χ4n) is 8.06. The number of benzene rings is 1. The summed E-state index contributed by atoms with van der Waals surface area (Å²) in [6.45, 7) is 11.3. The maximum absolute atomic E-state index is 14.7. The monoisotopic (exact) mass is 579 g/mol. The number of aliphatic hydroxyl groups is 1. The molecule has 3 aliphatic heterocycles. The largest absolute Gasteiger partial charge is 0.396 e. The van der Waals surface area contributed by atoms with Crippen molar-refractivity contribution in [2.24, 2.45) is 17.8 Å². The predicted octanol–water partition coefficient (Wildman–Crippen LogP) is 4.66. The Morgan fingerprint density at radius 2 is 1.78 bits per heavy atom. The van der Waals surface area contributed by atoms with E-state index in [2.05, 4.69) is 20.1 Å². The molecule has 2 bridgehead atoms. The minimum absolute atomic E-state index is 0.00996. The van der Waals surface area contributed by atoms with Crippen molar-refractivity contribution in [2.45, 2.75) is 80.4 Å². The van der Waals surface area contributed by atoms with Crippen LogP contribution in [0.3, 0.4) is 0 Å². The molecule has 1 spiro atoms. The second-order valence-corrected chi connectivity index (χ2v) is 13.7. The Bertz CT molecular complexity index is 1140. The van der Waals surface area contributed by atoms with Crippen LogP contribution in [0, 0.1) is 17.8 Å². The molecule has 7 nitrogen and oxygen atoms in total. The Kier molecular flexibility index (Phi) is 9.29. The molecule has 0 radical (unpaired) electrons. The third-order valence-electron chi connectivity index (χ3n) is 9.84. The van der Waals surface area contributed by atoms with Gasteiger partial charge in [0.2, 0.25) is 17.7 Å². The van der Waals surface area contributed by atoms with E-state index in [0.29, 0.717) is 32.5 Å². The Morgan fingerprint density at radius 1 is 1.07 bits per heavy atom. The molecule has 3 heterocycles. The lowest BCUT2D eigenvalue weighted by Crippen LogP contribution is -2.59. The molecule has 4 aliphatic rings. The molecule has 1 aromatic carbocycles. The Morgan fingerprint density at radius 3 is 2.44 bits per heavy atom. The van der Waals surface area contributed by atoms with E-state index in [9.17, 15) is 19.5 Å². The van der Waals surface area contributed by atoms with Gasteiger partial charge in [0.05, 0.1) is 16.6 Å². The molecule has 0 aromatic heterocycles. The van der Waals surface area contributed by atoms with E-state index in [-0.39, 0.29) is 41.5 Å². The average molecular weight is 580 g/mol. The van der Waals surface area contributed by atoms with Gasteiger partial charge in [0.25, 0.3) is 0 Å². The molecule has 6 atom stereocenters. The van der Waals surface area contributed by atoms with Gasteiger partial charge in [-0.15, -0.1) is 24.9 Å². The van der Waals surface area contributed by atoms with Gasteiger partial charge in [-0.05, 0) is 50.2 Å². The van der Waals surface area contributed by atoms with Crippen LogP contribution < -0.4 is 4.90 Å². The summed E-state index contributed by atoms with van der Waals surface area (Å²) in [5.41, 5.74) is 0.791. The maximum atomic E-state index is 14.7. The number of fused-ring (bicyclic) bond motifs is 1. The van der Waals surface area contributed by atoms with E-state index in [1.165, 1.54) is 6.42 Å². The van der Waals surface area contributed by atoms with Gasteiger partial charge in [-0.25, -0.2) is 0 Å². The highest BCUT2D eigenvalue weighted by atomic mass is 32.2. The van der Waals surface area contributed by atoms with Crippen LogP contribution in [0.4, 0.5) is 5.69 Å². The van der Waals surface area contributed by atoms with Crippen LogP contribution in [-0.2, 0) is 14.4 Å². The summed E-state index contributed by atoms with van der Waals surface area (Å²) in [4.78, 5) is 49.2. The Hall–Kier alpha value is -2.58. The van der Waals surface area contributed by atoms with Crippen molar-refractivity contribution in [3.8, 4) is 0 Å². The van der Waals surface area contributed by atoms with Crippen LogP contribution in [0.25, 0.3) is 0 Å². The molecule has 3 unspecified atom stereocenters. The molecule has 5 rings (SSSR count). The second-order valence-electron chi connectivity index (χ2n) is 12.2. The zero-order valence-electron chi connectivity index (χ0n) is 24.3. The molecule has 3 amide bonds. The van der Waals surface area contributed by atoms with Gasteiger partial charge < -0.3 is 19.8 Å². The molecule has 222 valence electrons. The van der Waals surface area contributed by atoms with Crippen molar-refractivity contribution >= 4 is 35.2 Å². The summed E-state index contributed by atoms with van der Waals surface area (Å²) in [6.07, 6.45) is 10.9. The molecule has 41 heavy (non-hydrogen) atoms. The number of nitrogens with zero attached hydrogens (tertiary/aromatic N) is 3. The van der Waals surface area contributed by atoms with E-state index in [1.807, 2.05) is 35.2 Å². The van der Waals surface area contributed by atoms with Crippen LogP contribution in [0.5, 0.6) is 0 Å². The van der Waals surface area contributed by atoms with Gasteiger partial charge in [0.1, 0.15) is 6.04 Å². The first kappa shape index (κ1) is 29.9. The summed E-state index contributed by atoms with van der Waals surface area (Å²) >= 11 is 1.73. The Labute approximate surface area is 249 Å². The number of hydrogen-bond acceptors (Lipinski definition) is 5. The van der Waals surface area contributed by atoms with Gasteiger partial charge in [0.15, 0.2) is 0 Å². The number of thioether (sulfide) groups is 1. The third kappa shape index (κ3) is 5.16. The van der Waals surface area contributed by atoms with Gasteiger partial charge in [-0.1, -0.05) is 56.5 Å². The highest BCUT2D eigenvalue weighted by molar-refractivity contribution is 8.02. The first-order valence-electron chi connectivity index (χ1n) is 15.4. The van der Waals surface area contributed by atoms with Crippen molar-refractivity contribution in [3.05, 3.63) is 55.6 Å². The normalized spacial score (nSPS) is 30.7. The van der Waals surface area contributed by atoms with E-state index >= 15 is 0 Å². The molecule has 4 fully saturated rings. The molecule has 1 saturated carbocycles. The molecule has 1 aromatic rings. The number of para-hydroxylation sites is 1. The lowest BCUT2D eigenvalue weighted by molar-refractivity contribution is -0.144. The molecule has 1 N–H and O–H groups in total. The molecular formula is C33H45N3O4S. The summed E-state index contributed by atoms with van der Waals surface area (Å²) in [5.74, 6) is -1.05. The average Bonchev–Trinajstić information content (AvgIpc) is 3.58. The van der Waals surface area contributed by atoms with Crippen molar-refractivity contribution in [1.82, 2.24) is 9.80 Å². The minimum Gasteiger partial charge on any atom is -0.396 e. The van der Waals surface area contributed by atoms with Crippen molar-refractivity contribution in [3.63, 3.8) is 0 Å². The van der Waals surface area contributed by atoms with Crippen LogP contribution >= 0.6 is 11.8 Å². The second kappa shape index (κ2) is 12.7. The summed E-state index contributed by atoms with van der Waals surface area (Å²) in [7, 11) is 0. The van der Waals surface area contributed by atoms with Crippen molar-refractivity contribution < 1.29 is 19.5 Å². The molecular weight excluding hydrogens is 534 g/mol. The van der Waals surface area contributed by atoms with Crippen LogP contribution in [0.15, 0.2) is 55.6 Å². The van der Waals surface area contributed by atoms with E-state index < -0.39 is 22.6 Å². The quantitative estimate of drug-likeness (QED) is 0.288. The van der Waals surface area contributed by atoms with Gasteiger partial charge in [-0.2, -0.15) is 0 Å². The first-order chi connectivity index (χ1) is 19.9. The van der Waals surface area contributed by atoms with Gasteiger partial charge in [-0.3, -0.25) is 14.4 Å². The third-order valence-corrected chi connectivity index (χ3v) is 11.9. The summed E-state index contributed by atoms with van der Waals surface area (Å²) in [5, 5.41) is 9.49. The fourth-order valence-corrected chi connectivity index (χ4v) is 10.5. The van der Waals surface area contributed by atoms with Crippen molar-refractivity contribution in [2.75, 3.05) is 31.1 Å². The van der Waals surface area contributed by atoms with E-state index in [1.54, 1.807) is 33.7 Å². The lowest BCUT2D eigenvalue weighted by atomic mass is 9.65. The predicted molar refractivity (Wildman–Crippen MR) is 164 cm³/mol. The number of rotatable bonds is 12. The zero-order valence-corrected chi connectivity index (χ0v) is 25.1. The van der Waals surface area contributed by atoms with Crippen LogP contribution in [-0.4, -0.2) is 80.9 Å². The number of unbranched alkanes of at least 4 members (excludes halogenated alkanes) is 1. The van der Waals surface area contributed by atoms with Crippen LogP contribution in [0.2, 0.25) is 0 Å². The Balaban J connectivity index is 1.54. The number of carbonyl (C=O) groups is 3. The summed E-state index contributed by atoms with van der Waals surface area (Å²) < 4.78 is -0.650. The van der Waals surface area contributed by atoms with Crippen molar-refractivity contribution in [1.29, 1.82) is 0 Å². The maximum Gasteiger partial charge on any atom is 0.247 e. The molecule has 8 heteroatoms. The highest BCUT2D eigenvalue weighted by Gasteiger charge is 2.76. The van der Waals surface area contributed by atoms with Crippen LogP contribution in [0.1, 0.15) is 58.3 Å². The highest BCUT2D eigenvalue weighted by Crippen LogP contribution is 2.69. The fraction of sp³-hybridized carbons (Fsp3) is 0.606. The topological polar surface area (TPSA) is 81.2 Å². The van der Waals surface area contributed by atoms with E-state index in [4.69, 9.17) is 0 Å². The molecule has 3 saturated heterocycles. The number of likely N-dealkylation sites (tertiary alicyclic amines) is 1. The standard InChI is InChI=1S/C33H45N3O4S/c1-4-18-34(24-14-8-6-9-15-24)30(38)27-26-22-23(3)33(41-26)28(27)31(39)36(20-12-13-21-37)29(33)32(40)35(19-5-2)25-16-10-7-11-17-25/h4-6,8-9,14-15,23,25-29,37H,1-2,7,10-13,16-22H2,3H3/t23?,26-,27+,28-,29?,33?/m0/s1. The van der Waals surface area contributed by atoms with Gasteiger partial charge >= 0.3 is 0 Å². The number of anilines is 1. The summed E-state index contributed by atoms with van der Waals surface area (Å²) in [6, 6.07) is 9.12. The zero-order chi connectivity index (χ0) is 29.1. The smallest absolute Gasteiger partial charge is 0.247 e. The molecule has 1 aliphatic carbocycles. The number of aliphatic hydroxyl groups excluding tert-OH is 1. The lowest BCUT2D eigenvalue weighted by Gasteiger charge is -2.43. The number of hydrogen-bond donors (Lipinski definition) is 1.